The predicted octanol–water partition coefficient (Wildman–Crippen LogP) is 0.662. The van der Waals surface area contributed by atoms with E-state index in [9.17, 15) is 12.8 Å². The van der Waals surface area contributed by atoms with Gasteiger partial charge in [0, 0.05) is 19.8 Å². The van der Waals surface area contributed by atoms with Crippen LogP contribution in [0.5, 0.6) is 0 Å². The monoisotopic (exact) mass is 298 g/mol. The number of halogens is 1. The quantitative estimate of drug-likeness (QED) is 0.794. The smallest absolute Gasteiger partial charge is 0.242 e. The molecule has 0 bridgehead atoms. The van der Waals surface area contributed by atoms with Crippen molar-refractivity contribution in [1.29, 1.82) is 0 Å². The van der Waals surface area contributed by atoms with Crippen molar-refractivity contribution in [2.75, 3.05) is 12.3 Å². The van der Waals surface area contributed by atoms with Crippen LogP contribution in [0.1, 0.15) is 5.56 Å². The summed E-state index contributed by atoms with van der Waals surface area (Å²) in [5.74, 6) is -0.750. The van der Waals surface area contributed by atoms with Crippen LogP contribution in [-0.4, -0.2) is 24.7 Å². The van der Waals surface area contributed by atoms with Crippen molar-refractivity contribution in [1.82, 2.24) is 14.5 Å². The molecule has 0 atom stereocenters. The number of sulfonamides is 1. The zero-order valence-electron chi connectivity index (χ0n) is 10.9. The molecule has 0 aliphatic rings. The van der Waals surface area contributed by atoms with Crippen LogP contribution in [0.25, 0.3) is 0 Å². The Labute approximate surface area is 116 Å². The zero-order valence-corrected chi connectivity index (χ0v) is 11.7. The van der Waals surface area contributed by atoms with E-state index in [0.29, 0.717) is 6.42 Å². The molecule has 1 aromatic carbocycles. The van der Waals surface area contributed by atoms with Gasteiger partial charge in [-0.25, -0.2) is 17.5 Å². The van der Waals surface area contributed by atoms with E-state index < -0.39 is 15.8 Å². The second-order valence-corrected chi connectivity index (χ2v) is 6.06. The van der Waals surface area contributed by atoms with Crippen molar-refractivity contribution in [2.24, 2.45) is 7.05 Å². The number of nitrogens with one attached hydrogen (secondary N) is 1. The molecule has 0 radical (unpaired) electrons. The summed E-state index contributed by atoms with van der Waals surface area (Å²) in [5.41, 5.74) is 5.98. The van der Waals surface area contributed by atoms with Crippen molar-refractivity contribution < 1.29 is 12.8 Å². The maximum atomic E-state index is 13.3. The minimum absolute atomic E-state index is 0.185. The number of aromatic nitrogens is 2. The first-order valence-electron chi connectivity index (χ1n) is 5.91. The maximum Gasteiger partial charge on any atom is 0.242 e. The van der Waals surface area contributed by atoms with Crippen molar-refractivity contribution in [3.63, 3.8) is 0 Å². The summed E-state index contributed by atoms with van der Waals surface area (Å²) in [6.07, 6.45) is 3.94. The molecule has 6 nitrogen and oxygen atoms in total. The number of anilines is 1. The van der Waals surface area contributed by atoms with Crippen LogP contribution in [-0.2, 0) is 23.5 Å². The van der Waals surface area contributed by atoms with E-state index in [-0.39, 0.29) is 17.1 Å². The molecule has 2 aromatic rings. The van der Waals surface area contributed by atoms with Crippen LogP contribution in [0.15, 0.2) is 35.5 Å². The molecular weight excluding hydrogens is 283 g/mol. The van der Waals surface area contributed by atoms with Gasteiger partial charge < -0.3 is 5.73 Å². The molecule has 0 fully saturated rings. The largest absolute Gasteiger partial charge is 0.395 e. The van der Waals surface area contributed by atoms with Gasteiger partial charge in [-0.1, -0.05) is 6.07 Å². The first kappa shape index (κ1) is 14.5. The van der Waals surface area contributed by atoms with Gasteiger partial charge in [0.05, 0.1) is 11.9 Å². The number of para-hydroxylation sites is 1. The summed E-state index contributed by atoms with van der Waals surface area (Å²) in [7, 11) is -2.04. The molecule has 0 amide bonds. The third-order valence-electron chi connectivity index (χ3n) is 2.77. The SMILES string of the molecule is Cn1cc(CCNS(=O)(=O)c2cccc(F)c2N)cn1. The van der Waals surface area contributed by atoms with Gasteiger partial charge >= 0.3 is 0 Å². The maximum absolute atomic E-state index is 13.3. The summed E-state index contributed by atoms with van der Waals surface area (Å²) in [5, 5.41) is 3.99. The van der Waals surface area contributed by atoms with E-state index >= 15 is 0 Å². The van der Waals surface area contributed by atoms with Crippen molar-refractivity contribution >= 4 is 15.7 Å². The average Bonchev–Trinajstić information content (AvgIpc) is 2.78. The van der Waals surface area contributed by atoms with E-state index in [1.807, 2.05) is 0 Å². The Bertz CT molecular complexity index is 712. The highest BCUT2D eigenvalue weighted by molar-refractivity contribution is 7.89. The Hall–Kier alpha value is -1.93. The Kier molecular flexibility index (Phi) is 4.05. The number of nitrogens with zero attached hydrogens (tertiary/aromatic N) is 2. The van der Waals surface area contributed by atoms with Gasteiger partial charge in [-0.2, -0.15) is 5.10 Å². The molecule has 20 heavy (non-hydrogen) atoms. The number of nitrogens with two attached hydrogens (primary N) is 1. The van der Waals surface area contributed by atoms with Gasteiger partial charge in [-0.05, 0) is 24.1 Å². The van der Waals surface area contributed by atoms with E-state index in [0.717, 1.165) is 11.6 Å². The van der Waals surface area contributed by atoms with E-state index in [1.54, 1.807) is 24.1 Å². The van der Waals surface area contributed by atoms with Gasteiger partial charge in [-0.15, -0.1) is 0 Å². The van der Waals surface area contributed by atoms with E-state index in [4.69, 9.17) is 5.73 Å². The summed E-state index contributed by atoms with van der Waals surface area (Å²) < 4.78 is 41.3. The number of benzene rings is 1. The molecule has 8 heteroatoms. The molecule has 0 spiro atoms. The zero-order chi connectivity index (χ0) is 14.8. The number of rotatable bonds is 5. The highest BCUT2D eigenvalue weighted by Crippen LogP contribution is 2.20. The van der Waals surface area contributed by atoms with Crippen LogP contribution in [0.3, 0.4) is 0 Å². The second-order valence-electron chi connectivity index (χ2n) is 4.32. The summed E-state index contributed by atoms with van der Waals surface area (Å²) in [6, 6.07) is 3.69. The van der Waals surface area contributed by atoms with Gasteiger partial charge in [0.2, 0.25) is 10.0 Å². The minimum Gasteiger partial charge on any atom is -0.395 e. The summed E-state index contributed by atoms with van der Waals surface area (Å²) >= 11 is 0. The Morgan fingerprint density at radius 1 is 1.45 bits per heavy atom. The van der Waals surface area contributed by atoms with Crippen molar-refractivity contribution in [3.05, 3.63) is 42.0 Å². The standard InChI is InChI=1S/C12H15FN4O2S/c1-17-8-9(7-15-17)5-6-16-20(18,19)11-4-2-3-10(13)12(11)14/h2-4,7-8,16H,5-6,14H2,1H3. The van der Waals surface area contributed by atoms with Crippen molar-refractivity contribution in [2.45, 2.75) is 11.3 Å². The lowest BCUT2D eigenvalue weighted by Gasteiger charge is -2.09. The number of hydrogen-bond donors (Lipinski definition) is 2. The lowest BCUT2D eigenvalue weighted by molar-refractivity contribution is 0.579. The van der Waals surface area contributed by atoms with Crippen molar-refractivity contribution in [3.8, 4) is 0 Å². The van der Waals surface area contributed by atoms with Crippen LogP contribution < -0.4 is 10.5 Å². The second kappa shape index (κ2) is 5.59. The molecule has 0 unspecified atom stereocenters. The number of hydrogen-bond acceptors (Lipinski definition) is 4. The van der Waals surface area contributed by atoms with E-state index in [2.05, 4.69) is 9.82 Å². The molecule has 2 rings (SSSR count). The van der Waals surface area contributed by atoms with Gasteiger partial charge in [-0.3, -0.25) is 4.68 Å². The van der Waals surface area contributed by atoms with Gasteiger partial charge in [0.1, 0.15) is 10.7 Å². The molecule has 3 N–H and O–H groups in total. The molecular formula is C12H15FN4O2S. The molecule has 0 aliphatic carbocycles. The third-order valence-corrected chi connectivity index (χ3v) is 4.29. The first-order valence-corrected chi connectivity index (χ1v) is 7.39. The molecule has 108 valence electrons. The average molecular weight is 298 g/mol. The Balaban J connectivity index is 2.06. The molecule has 1 aromatic heterocycles. The van der Waals surface area contributed by atoms with Crippen LogP contribution in [0.4, 0.5) is 10.1 Å². The highest BCUT2D eigenvalue weighted by Gasteiger charge is 2.18. The van der Waals surface area contributed by atoms with Crippen LogP contribution in [0, 0.1) is 5.82 Å². The number of aryl methyl sites for hydroxylation is 1. The highest BCUT2D eigenvalue weighted by atomic mass is 32.2. The lowest BCUT2D eigenvalue weighted by Crippen LogP contribution is -2.26. The molecule has 0 aliphatic heterocycles. The molecule has 1 heterocycles. The fourth-order valence-electron chi connectivity index (χ4n) is 1.76. The summed E-state index contributed by atoms with van der Waals surface area (Å²) in [4.78, 5) is -0.247. The first-order chi connectivity index (χ1) is 9.40. The molecule has 0 saturated heterocycles. The van der Waals surface area contributed by atoms with Gasteiger partial charge in [0.25, 0.3) is 0 Å². The Morgan fingerprint density at radius 3 is 2.85 bits per heavy atom. The lowest BCUT2D eigenvalue weighted by atomic mass is 10.3. The fraction of sp³-hybridized carbons (Fsp3) is 0.250. The van der Waals surface area contributed by atoms with Gasteiger partial charge in [0.15, 0.2) is 0 Å². The Morgan fingerprint density at radius 2 is 2.20 bits per heavy atom. The van der Waals surface area contributed by atoms with Crippen LogP contribution >= 0.6 is 0 Å². The number of nitrogen functional groups attached to an aromatic ring is 1. The van der Waals surface area contributed by atoms with E-state index in [1.165, 1.54) is 12.1 Å². The molecule has 0 saturated carbocycles. The predicted molar refractivity (Wildman–Crippen MR) is 72.9 cm³/mol. The van der Waals surface area contributed by atoms with Crippen LogP contribution in [0.2, 0.25) is 0 Å². The third kappa shape index (κ3) is 3.14. The minimum atomic E-state index is -3.82. The summed E-state index contributed by atoms with van der Waals surface area (Å²) in [6.45, 7) is 0.185. The normalized spacial score (nSPS) is 11.7. The fourth-order valence-corrected chi connectivity index (χ4v) is 2.93. The topological polar surface area (TPSA) is 90.0 Å².